The van der Waals surface area contributed by atoms with E-state index >= 15 is 0 Å². The van der Waals surface area contributed by atoms with Crippen LogP contribution in [0.3, 0.4) is 0 Å². The summed E-state index contributed by atoms with van der Waals surface area (Å²) in [5, 5.41) is 3.34. The van der Waals surface area contributed by atoms with Crippen LogP contribution in [0.5, 0.6) is 0 Å². The van der Waals surface area contributed by atoms with Crippen molar-refractivity contribution in [3.63, 3.8) is 0 Å². The van der Waals surface area contributed by atoms with Crippen molar-refractivity contribution in [3.05, 3.63) is 60.2 Å². The molecule has 1 heterocycles. The predicted molar refractivity (Wildman–Crippen MR) is 115 cm³/mol. The molecule has 0 aliphatic carbocycles. The highest BCUT2D eigenvalue weighted by atomic mass is 32.2. The third kappa shape index (κ3) is 5.59. The molecular weight excluding hydrogens is 370 g/mol. The van der Waals surface area contributed by atoms with Gasteiger partial charge in [0.1, 0.15) is 0 Å². The van der Waals surface area contributed by atoms with Gasteiger partial charge in [-0.15, -0.1) is 11.8 Å². The van der Waals surface area contributed by atoms with E-state index in [0.29, 0.717) is 38.0 Å². The van der Waals surface area contributed by atoms with Gasteiger partial charge in [-0.25, -0.2) is 0 Å². The van der Waals surface area contributed by atoms with Gasteiger partial charge < -0.3 is 10.2 Å². The predicted octanol–water partition coefficient (Wildman–Crippen LogP) is 3.58. The van der Waals surface area contributed by atoms with E-state index in [0.717, 1.165) is 16.1 Å². The molecule has 1 aliphatic rings. The molecule has 1 N–H and O–H groups in total. The molecule has 0 radical (unpaired) electrons. The minimum absolute atomic E-state index is 0.0235. The summed E-state index contributed by atoms with van der Waals surface area (Å²) in [4.78, 5) is 30.2. The van der Waals surface area contributed by atoms with Gasteiger partial charge in [-0.05, 0) is 24.3 Å². The summed E-state index contributed by atoms with van der Waals surface area (Å²) < 4.78 is 0. The number of para-hydroxylation sites is 1. The summed E-state index contributed by atoms with van der Waals surface area (Å²) in [5.41, 5.74) is 1.58. The van der Waals surface area contributed by atoms with E-state index in [1.165, 1.54) is 0 Å². The Bertz CT molecular complexity index is 802. The largest absolute Gasteiger partial charge is 0.336 e. The van der Waals surface area contributed by atoms with Crippen molar-refractivity contribution in [2.24, 2.45) is 0 Å². The number of carbonyl (C=O) groups is 2. The second-order valence-corrected chi connectivity index (χ2v) is 8.76. The second kappa shape index (κ2) is 9.75. The van der Waals surface area contributed by atoms with Gasteiger partial charge in [-0.3, -0.25) is 14.5 Å². The standard InChI is InChI=1S/C22H27N3O2S/c1-17(2)28-20-11-7-6-10-19(20)22(27)25-14-12-24(13-15-25)16-21(26)23-18-8-4-3-5-9-18/h3-11,17H,12-16H2,1-2H3,(H,23,26). The van der Waals surface area contributed by atoms with E-state index in [1.807, 2.05) is 59.5 Å². The fourth-order valence-corrected chi connectivity index (χ4v) is 4.15. The molecule has 1 saturated heterocycles. The highest BCUT2D eigenvalue weighted by Gasteiger charge is 2.25. The van der Waals surface area contributed by atoms with E-state index < -0.39 is 0 Å². The maximum atomic E-state index is 13.0. The number of anilines is 1. The van der Waals surface area contributed by atoms with Crippen molar-refractivity contribution >= 4 is 29.3 Å². The van der Waals surface area contributed by atoms with Crippen LogP contribution in [0.15, 0.2) is 59.5 Å². The van der Waals surface area contributed by atoms with Crippen molar-refractivity contribution in [3.8, 4) is 0 Å². The smallest absolute Gasteiger partial charge is 0.255 e. The average molecular weight is 398 g/mol. The summed E-state index contributed by atoms with van der Waals surface area (Å²) in [6, 6.07) is 17.3. The van der Waals surface area contributed by atoms with Gasteiger partial charge in [0.15, 0.2) is 0 Å². The molecule has 3 rings (SSSR count). The third-order valence-electron chi connectivity index (χ3n) is 4.56. The molecule has 0 spiro atoms. The number of thioether (sulfide) groups is 1. The van der Waals surface area contributed by atoms with Crippen molar-refractivity contribution in [2.75, 3.05) is 38.0 Å². The van der Waals surface area contributed by atoms with Crippen LogP contribution in [0.4, 0.5) is 5.69 Å². The molecule has 0 bridgehead atoms. The molecule has 0 aromatic heterocycles. The SMILES string of the molecule is CC(C)Sc1ccccc1C(=O)N1CCN(CC(=O)Nc2ccccc2)CC1. The first kappa shape index (κ1) is 20.4. The quantitative estimate of drug-likeness (QED) is 0.757. The zero-order valence-corrected chi connectivity index (χ0v) is 17.2. The zero-order chi connectivity index (χ0) is 19.9. The Balaban J connectivity index is 1.52. The number of amides is 2. The molecule has 1 aliphatic heterocycles. The summed E-state index contributed by atoms with van der Waals surface area (Å²) in [5.74, 6) is 0.0572. The molecule has 5 nitrogen and oxygen atoms in total. The van der Waals surface area contributed by atoms with E-state index in [-0.39, 0.29) is 11.8 Å². The van der Waals surface area contributed by atoms with Gasteiger partial charge in [0.05, 0.1) is 12.1 Å². The Hall–Kier alpha value is -2.31. The fraction of sp³-hybridized carbons (Fsp3) is 0.364. The van der Waals surface area contributed by atoms with Crippen LogP contribution >= 0.6 is 11.8 Å². The molecule has 2 aromatic rings. The first-order valence-corrected chi connectivity index (χ1v) is 10.5. The Morgan fingerprint density at radius 3 is 2.29 bits per heavy atom. The van der Waals surface area contributed by atoms with E-state index in [2.05, 4.69) is 24.1 Å². The van der Waals surface area contributed by atoms with Crippen molar-refractivity contribution in [1.82, 2.24) is 9.80 Å². The summed E-state index contributed by atoms with van der Waals surface area (Å²) in [7, 11) is 0. The maximum absolute atomic E-state index is 13.0. The van der Waals surface area contributed by atoms with Crippen molar-refractivity contribution < 1.29 is 9.59 Å². The number of rotatable bonds is 6. The van der Waals surface area contributed by atoms with Crippen LogP contribution in [0.1, 0.15) is 24.2 Å². The van der Waals surface area contributed by atoms with Gasteiger partial charge in [-0.1, -0.05) is 44.2 Å². The van der Waals surface area contributed by atoms with Crippen LogP contribution in [0, 0.1) is 0 Å². The maximum Gasteiger partial charge on any atom is 0.255 e. The molecule has 28 heavy (non-hydrogen) atoms. The Labute approximate surface area is 171 Å². The van der Waals surface area contributed by atoms with Crippen molar-refractivity contribution in [1.29, 1.82) is 0 Å². The molecule has 1 fully saturated rings. The fourth-order valence-electron chi connectivity index (χ4n) is 3.20. The number of nitrogens with one attached hydrogen (secondary N) is 1. The number of piperazine rings is 1. The Morgan fingerprint density at radius 2 is 1.61 bits per heavy atom. The molecule has 0 unspecified atom stereocenters. The summed E-state index contributed by atoms with van der Waals surface area (Å²) >= 11 is 1.72. The van der Waals surface area contributed by atoms with Crippen LogP contribution in [0.25, 0.3) is 0 Å². The van der Waals surface area contributed by atoms with Crippen LogP contribution in [-0.4, -0.2) is 59.6 Å². The summed E-state index contributed by atoms with van der Waals surface area (Å²) in [6.07, 6.45) is 0. The molecule has 0 saturated carbocycles. The van der Waals surface area contributed by atoms with Crippen LogP contribution in [-0.2, 0) is 4.79 Å². The second-order valence-electron chi connectivity index (χ2n) is 7.15. The lowest BCUT2D eigenvalue weighted by Crippen LogP contribution is -2.50. The molecule has 2 aromatic carbocycles. The first-order valence-electron chi connectivity index (χ1n) is 9.65. The van der Waals surface area contributed by atoms with E-state index in [1.54, 1.807) is 11.8 Å². The van der Waals surface area contributed by atoms with Gasteiger partial charge in [-0.2, -0.15) is 0 Å². The molecule has 0 atom stereocenters. The highest BCUT2D eigenvalue weighted by Crippen LogP contribution is 2.27. The van der Waals surface area contributed by atoms with Gasteiger partial charge in [0, 0.05) is 42.0 Å². The third-order valence-corrected chi connectivity index (χ3v) is 5.65. The summed E-state index contributed by atoms with van der Waals surface area (Å²) in [6.45, 7) is 7.28. The minimum atomic E-state index is -0.0235. The minimum Gasteiger partial charge on any atom is -0.336 e. The van der Waals surface area contributed by atoms with Gasteiger partial charge in [0.2, 0.25) is 5.91 Å². The Kier molecular flexibility index (Phi) is 7.12. The lowest BCUT2D eigenvalue weighted by molar-refractivity contribution is -0.117. The van der Waals surface area contributed by atoms with E-state index in [9.17, 15) is 9.59 Å². The number of carbonyl (C=O) groups excluding carboxylic acids is 2. The molecule has 148 valence electrons. The highest BCUT2D eigenvalue weighted by molar-refractivity contribution is 8.00. The lowest BCUT2D eigenvalue weighted by Gasteiger charge is -2.34. The number of hydrogen-bond acceptors (Lipinski definition) is 4. The average Bonchev–Trinajstić information content (AvgIpc) is 2.69. The molecular formula is C22H27N3O2S. The van der Waals surface area contributed by atoms with Crippen LogP contribution < -0.4 is 5.32 Å². The number of hydrogen-bond donors (Lipinski definition) is 1. The Morgan fingerprint density at radius 1 is 0.964 bits per heavy atom. The lowest BCUT2D eigenvalue weighted by atomic mass is 10.2. The number of benzene rings is 2. The van der Waals surface area contributed by atoms with Crippen molar-refractivity contribution in [2.45, 2.75) is 24.0 Å². The first-order chi connectivity index (χ1) is 13.5. The van der Waals surface area contributed by atoms with E-state index in [4.69, 9.17) is 0 Å². The van der Waals surface area contributed by atoms with Crippen LogP contribution in [0.2, 0.25) is 0 Å². The zero-order valence-electron chi connectivity index (χ0n) is 16.4. The number of nitrogens with zero attached hydrogens (tertiary/aromatic N) is 2. The monoisotopic (exact) mass is 397 g/mol. The molecule has 2 amide bonds. The topological polar surface area (TPSA) is 52.7 Å². The normalized spacial score (nSPS) is 14.9. The molecule has 6 heteroatoms. The van der Waals surface area contributed by atoms with Gasteiger partial charge in [0.25, 0.3) is 5.91 Å². The van der Waals surface area contributed by atoms with Gasteiger partial charge >= 0.3 is 0 Å².